The number of fused-ring (bicyclic) bond motifs is 1. The van der Waals surface area contributed by atoms with Gasteiger partial charge in [-0.15, -0.1) is 0 Å². The number of nitrogens with one attached hydrogen (secondary N) is 1. The average molecular weight is 376 g/mol. The Morgan fingerprint density at radius 2 is 1.95 bits per heavy atom. The average Bonchev–Trinajstić information content (AvgIpc) is 2.66. The van der Waals surface area contributed by atoms with Gasteiger partial charge in [0.15, 0.2) is 4.77 Å². The van der Waals surface area contributed by atoms with E-state index in [9.17, 15) is 8.78 Å². The third-order valence-electron chi connectivity index (χ3n) is 2.87. The van der Waals surface area contributed by atoms with Crippen LogP contribution in [0.4, 0.5) is 8.78 Å². The van der Waals surface area contributed by atoms with E-state index in [4.69, 9.17) is 23.8 Å². The third-order valence-corrected chi connectivity index (χ3v) is 4.08. The second-order valence-electron chi connectivity index (χ2n) is 4.14. The van der Waals surface area contributed by atoms with E-state index in [1.165, 1.54) is 24.3 Å². The van der Waals surface area contributed by atoms with Crippen LogP contribution in [0.25, 0.3) is 16.7 Å². The summed E-state index contributed by atoms with van der Waals surface area (Å²) in [5, 5.41) is 0.0130. The van der Waals surface area contributed by atoms with Crippen molar-refractivity contribution in [1.82, 2.24) is 9.55 Å². The molecule has 0 spiro atoms. The van der Waals surface area contributed by atoms with Crippen molar-refractivity contribution in [2.75, 3.05) is 0 Å². The molecule has 1 N–H and O–H groups in total. The lowest BCUT2D eigenvalue weighted by Crippen LogP contribution is -1.96. The van der Waals surface area contributed by atoms with Crippen molar-refractivity contribution in [3.05, 3.63) is 56.2 Å². The molecular formula is C13H6BrClF2N2S. The molecular weight excluding hydrogens is 370 g/mol. The number of H-pyrrole nitrogens is 1. The first kappa shape index (κ1) is 13.7. The molecule has 0 fully saturated rings. The Balaban J connectivity index is 2.39. The van der Waals surface area contributed by atoms with E-state index in [1.807, 2.05) is 0 Å². The second kappa shape index (κ2) is 4.95. The molecule has 3 aromatic rings. The van der Waals surface area contributed by atoms with Crippen LogP contribution in [0.1, 0.15) is 0 Å². The van der Waals surface area contributed by atoms with Gasteiger partial charge >= 0.3 is 0 Å². The van der Waals surface area contributed by atoms with Crippen molar-refractivity contribution < 1.29 is 8.78 Å². The van der Waals surface area contributed by atoms with Crippen LogP contribution >= 0.6 is 39.7 Å². The summed E-state index contributed by atoms with van der Waals surface area (Å²) >= 11 is 14.3. The minimum absolute atomic E-state index is 0.0130. The first-order valence-electron chi connectivity index (χ1n) is 5.52. The van der Waals surface area contributed by atoms with Crippen molar-refractivity contribution >= 4 is 50.8 Å². The summed E-state index contributed by atoms with van der Waals surface area (Å²) in [6.45, 7) is 0. The lowest BCUT2D eigenvalue weighted by molar-refractivity contribution is 0.626. The van der Waals surface area contributed by atoms with Crippen molar-refractivity contribution in [3.8, 4) is 5.69 Å². The molecule has 0 aliphatic carbocycles. The van der Waals surface area contributed by atoms with Gasteiger partial charge in [-0.3, -0.25) is 4.57 Å². The molecule has 0 amide bonds. The molecule has 20 heavy (non-hydrogen) atoms. The Labute approximate surface area is 131 Å². The number of imidazole rings is 1. The first-order chi connectivity index (χ1) is 9.47. The van der Waals surface area contributed by atoms with Crippen LogP contribution in [0.3, 0.4) is 0 Å². The van der Waals surface area contributed by atoms with Gasteiger partial charge in [0.1, 0.15) is 11.6 Å². The summed E-state index contributed by atoms with van der Waals surface area (Å²) in [7, 11) is 0. The highest BCUT2D eigenvalue weighted by Gasteiger charge is 2.12. The molecule has 0 atom stereocenters. The topological polar surface area (TPSA) is 20.7 Å². The Morgan fingerprint density at radius 1 is 1.20 bits per heavy atom. The molecule has 2 aromatic carbocycles. The van der Waals surface area contributed by atoms with Crippen LogP contribution in [-0.4, -0.2) is 9.55 Å². The van der Waals surface area contributed by atoms with E-state index < -0.39 is 5.82 Å². The summed E-state index contributed by atoms with van der Waals surface area (Å²) in [4.78, 5) is 2.95. The zero-order chi connectivity index (χ0) is 14.4. The van der Waals surface area contributed by atoms with Crippen LogP contribution in [-0.2, 0) is 0 Å². The molecule has 0 unspecified atom stereocenters. The molecule has 2 nitrogen and oxygen atoms in total. The number of hydrogen-bond acceptors (Lipinski definition) is 1. The number of halogens is 4. The highest BCUT2D eigenvalue weighted by Crippen LogP contribution is 2.29. The van der Waals surface area contributed by atoms with Crippen molar-refractivity contribution in [2.45, 2.75) is 0 Å². The van der Waals surface area contributed by atoms with Gasteiger partial charge in [0.2, 0.25) is 0 Å². The molecule has 0 saturated heterocycles. The van der Waals surface area contributed by atoms with Crippen molar-refractivity contribution in [1.29, 1.82) is 0 Å². The van der Waals surface area contributed by atoms with Crippen molar-refractivity contribution in [2.24, 2.45) is 0 Å². The number of benzene rings is 2. The van der Waals surface area contributed by atoms with Gasteiger partial charge in [-0.1, -0.05) is 11.6 Å². The van der Waals surface area contributed by atoms with Crippen LogP contribution < -0.4 is 0 Å². The zero-order valence-electron chi connectivity index (χ0n) is 9.75. The largest absolute Gasteiger partial charge is 0.330 e. The maximum absolute atomic E-state index is 13.7. The minimum atomic E-state index is -0.542. The highest BCUT2D eigenvalue weighted by molar-refractivity contribution is 9.10. The zero-order valence-corrected chi connectivity index (χ0v) is 12.9. The quantitative estimate of drug-likeness (QED) is 0.566. The van der Waals surface area contributed by atoms with E-state index >= 15 is 0 Å². The third kappa shape index (κ3) is 2.17. The number of aromatic nitrogens is 2. The Morgan fingerprint density at radius 3 is 2.65 bits per heavy atom. The van der Waals surface area contributed by atoms with Crippen LogP contribution in [0.2, 0.25) is 5.02 Å². The van der Waals surface area contributed by atoms with E-state index in [0.717, 1.165) is 0 Å². The molecule has 0 radical (unpaired) electrons. The van der Waals surface area contributed by atoms with Gasteiger partial charge in [-0.05, 0) is 52.4 Å². The van der Waals surface area contributed by atoms with Crippen LogP contribution in [0.15, 0.2) is 34.8 Å². The minimum Gasteiger partial charge on any atom is -0.330 e. The molecule has 0 aliphatic heterocycles. The van der Waals surface area contributed by atoms with E-state index in [2.05, 4.69) is 20.9 Å². The summed E-state index contributed by atoms with van der Waals surface area (Å²) in [6, 6.07) is 6.96. The Kier molecular flexibility index (Phi) is 3.40. The number of rotatable bonds is 1. The highest BCUT2D eigenvalue weighted by atomic mass is 79.9. The van der Waals surface area contributed by atoms with Crippen molar-refractivity contribution in [3.63, 3.8) is 0 Å². The number of aromatic amines is 1. The summed E-state index contributed by atoms with van der Waals surface area (Å²) in [6.07, 6.45) is 0. The molecule has 1 heterocycles. The second-order valence-corrected chi connectivity index (χ2v) is 5.79. The Bertz CT molecular complexity index is 888. The molecule has 0 bridgehead atoms. The molecule has 0 saturated carbocycles. The SMILES string of the molecule is Fc1ccc(-n2c(=S)[nH]c3cc(Cl)c(F)cc32)c(Br)c1. The van der Waals surface area contributed by atoms with E-state index in [1.54, 1.807) is 10.6 Å². The maximum Gasteiger partial charge on any atom is 0.182 e. The molecule has 7 heteroatoms. The number of nitrogens with zero attached hydrogens (tertiary/aromatic N) is 1. The smallest absolute Gasteiger partial charge is 0.182 e. The molecule has 102 valence electrons. The van der Waals surface area contributed by atoms with Gasteiger partial charge in [0.05, 0.1) is 21.7 Å². The summed E-state index contributed by atoms with van der Waals surface area (Å²) < 4.78 is 29.3. The first-order valence-corrected chi connectivity index (χ1v) is 7.10. The molecule has 3 rings (SSSR count). The van der Waals surface area contributed by atoms with Gasteiger partial charge < -0.3 is 4.98 Å². The summed E-state index contributed by atoms with van der Waals surface area (Å²) in [5.74, 6) is -0.915. The monoisotopic (exact) mass is 374 g/mol. The van der Waals surface area contributed by atoms with Gasteiger partial charge in [-0.25, -0.2) is 8.78 Å². The Hall–Kier alpha value is -1.24. The van der Waals surface area contributed by atoms with Gasteiger partial charge in [0.25, 0.3) is 0 Å². The van der Waals surface area contributed by atoms with Gasteiger partial charge in [0, 0.05) is 10.5 Å². The van der Waals surface area contributed by atoms with E-state index in [0.29, 0.717) is 26.0 Å². The molecule has 1 aromatic heterocycles. The fraction of sp³-hybridized carbons (Fsp3) is 0. The van der Waals surface area contributed by atoms with Gasteiger partial charge in [-0.2, -0.15) is 0 Å². The standard InChI is InChI=1S/C13H6BrClF2N2S/c14-7-3-6(16)1-2-11(7)19-12-5-9(17)8(15)4-10(12)18-13(19)20/h1-5H,(H,18,20). The lowest BCUT2D eigenvalue weighted by Gasteiger charge is -2.07. The summed E-state index contributed by atoms with van der Waals surface area (Å²) in [5.41, 5.74) is 1.76. The van der Waals surface area contributed by atoms with E-state index in [-0.39, 0.29) is 10.8 Å². The predicted molar refractivity (Wildman–Crippen MR) is 81.1 cm³/mol. The fourth-order valence-electron chi connectivity index (χ4n) is 2.00. The number of hydrogen-bond donors (Lipinski definition) is 1. The predicted octanol–water partition coefficient (Wildman–Crippen LogP) is 5.38. The fourth-order valence-corrected chi connectivity index (χ4v) is 3.00. The van der Waals surface area contributed by atoms with Crippen LogP contribution in [0, 0.1) is 16.4 Å². The normalized spacial score (nSPS) is 11.2. The molecule has 0 aliphatic rings. The maximum atomic E-state index is 13.7. The van der Waals surface area contributed by atoms with Crippen LogP contribution in [0.5, 0.6) is 0 Å². The lowest BCUT2D eigenvalue weighted by atomic mass is 10.2.